The van der Waals surface area contributed by atoms with Gasteiger partial charge < -0.3 is 34.3 Å². The topological polar surface area (TPSA) is 186 Å². The maximum atomic E-state index is 12.8. The molecule has 0 amide bonds. The van der Waals surface area contributed by atoms with Gasteiger partial charge in [-0.2, -0.15) is 8.42 Å². The standard InChI is InChI=1S/C51H86O12S/c1-3-5-7-9-11-13-15-17-19-20-21-22-23-24-26-27-29-31-33-35-37-39-46(52)60-41-44(42-61-51-50(56)49(55)48(54)45(63-51)43-64(57,58)59)62-47(53)40-38-36-34-32-30-28-25-18-16-14-12-10-8-6-4-2/h6,8,12,14,18,20-21,25,30,32,36,38,44-45,48-51,54-56H,3-5,7,9-11,13,15-17,19,22-24,26-29,31,33-35,37,39-43H2,1-2H3,(H,57,58,59)/b8-6-,14-12-,21-20-,25-18-,32-30-,38-36-. The Balaban J connectivity index is 2.43. The van der Waals surface area contributed by atoms with Crippen LogP contribution >= 0.6 is 0 Å². The van der Waals surface area contributed by atoms with Gasteiger partial charge >= 0.3 is 11.9 Å². The van der Waals surface area contributed by atoms with Gasteiger partial charge in [-0.3, -0.25) is 14.1 Å². The van der Waals surface area contributed by atoms with Crippen LogP contribution in [0.3, 0.4) is 0 Å². The van der Waals surface area contributed by atoms with E-state index in [9.17, 15) is 37.9 Å². The predicted octanol–water partition coefficient (Wildman–Crippen LogP) is 10.7. The van der Waals surface area contributed by atoms with E-state index >= 15 is 0 Å². The zero-order valence-corrected chi connectivity index (χ0v) is 40.2. The first kappa shape index (κ1) is 59.1. The Hall–Kier alpha value is -2.91. The largest absolute Gasteiger partial charge is 0.462 e. The molecule has 12 nitrogen and oxygen atoms in total. The van der Waals surface area contributed by atoms with Gasteiger partial charge in [0.1, 0.15) is 36.8 Å². The van der Waals surface area contributed by atoms with Gasteiger partial charge in [-0.05, 0) is 64.2 Å². The second-order valence-electron chi connectivity index (χ2n) is 16.8. The van der Waals surface area contributed by atoms with Crippen molar-refractivity contribution < 1.29 is 56.8 Å². The molecule has 4 N–H and O–H groups in total. The van der Waals surface area contributed by atoms with E-state index in [1.807, 2.05) is 18.2 Å². The fourth-order valence-electron chi connectivity index (χ4n) is 7.04. The third-order valence-corrected chi connectivity index (χ3v) is 11.6. The maximum Gasteiger partial charge on any atom is 0.310 e. The number of hydrogen-bond acceptors (Lipinski definition) is 11. The minimum absolute atomic E-state index is 0.0708. The first-order valence-corrected chi connectivity index (χ1v) is 26.1. The highest BCUT2D eigenvalue weighted by atomic mass is 32.2. The Bertz CT molecular complexity index is 1450. The van der Waals surface area contributed by atoms with Crippen LogP contribution in [0, 0.1) is 0 Å². The SMILES string of the molecule is CC/C=C\C/C=C\C/C=C\C/C=C\C/C=C\CC(=O)OC(COC(=O)CCCCCCCCCCC/C=C\CCCCCCCCCC)COC1OC(CS(=O)(=O)O)C(O)C(O)C1O. The van der Waals surface area contributed by atoms with E-state index in [4.69, 9.17) is 18.9 Å². The number of esters is 2. The van der Waals surface area contributed by atoms with Crippen LogP contribution in [0.25, 0.3) is 0 Å². The molecule has 0 aromatic heterocycles. The van der Waals surface area contributed by atoms with E-state index in [1.165, 1.54) is 96.3 Å². The van der Waals surface area contributed by atoms with Crippen LogP contribution < -0.4 is 0 Å². The van der Waals surface area contributed by atoms with Crippen molar-refractivity contribution in [3.05, 3.63) is 72.9 Å². The quantitative estimate of drug-likeness (QED) is 0.0198. The molecule has 0 radical (unpaired) electrons. The lowest BCUT2D eigenvalue weighted by atomic mass is 10.00. The molecular formula is C51H86O12S. The van der Waals surface area contributed by atoms with E-state index in [0.29, 0.717) is 12.8 Å². The molecule has 0 aliphatic carbocycles. The highest BCUT2D eigenvalue weighted by Gasteiger charge is 2.46. The molecule has 1 rings (SSSR count). The van der Waals surface area contributed by atoms with Crippen molar-refractivity contribution in [3.63, 3.8) is 0 Å². The van der Waals surface area contributed by atoms with Crippen LogP contribution in [0.1, 0.15) is 181 Å². The molecule has 0 spiro atoms. The highest BCUT2D eigenvalue weighted by Crippen LogP contribution is 2.24. The average molecular weight is 923 g/mol. The van der Waals surface area contributed by atoms with Crippen LogP contribution in [-0.2, 0) is 38.7 Å². The van der Waals surface area contributed by atoms with Crippen LogP contribution in [0.5, 0.6) is 0 Å². The van der Waals surface area contributed by atoms with E-state index < -0.39 is 71.2 Å². The Morgan fingerprint density at radius 2 is 1.03 bits per heavy atom. The summed E-state index contributed by atoms with van der Waals surface area (Å²) in [6, 6.07) is 0. The summed E-state index contributed by atoms with van der Waals surface area (Å²) >= 11 is 0. The Kier molecular flexibility index (Phi) is 37.3. The molecule has 64 heavy (non-hydrogen) atoms. The molecule has 1 aliphatic rings. The summed E-state index contributed by atoms with van der Waals surface area (Å²) in [4.78, 5) is 25.4. The summed E-state index contributed by atoms with van der Waals surface area (Å²) in [7, 11) is -4.62. The van der Waals surface area contributed by atoms with Crippen molar-refractivity contribution in [2.75, 3.05) is 19.0 Å². The van der Waals surface area contributed by atoms with Crippen LogP contribution in [0.15, 0.2) is 72.9 Å². The van der Waals surface area contributed by atoms with Gasteiger partial charge in [0, 0.05) is 6.42 Å². The van der Waals surface area contributed by atoms with Crippen molar-refractivity contribution in [1.29, 1.82) is 0 Å². The molecule has 0 saturated carbocycles. The molecule has 1 fully saturated rings. The fraction of sp³-hybridized carbons (Fsp3) is 0.725. The van der Waals surface area contributed by atoms with Crippen LogP contribution in [-0.4, -0.2) is 96.0 Å². The number of unbranched alkanes of at least 4 members (excludes halogenated alkanes) is 17. The summed E-state index contributed by atoms with van der Waals surface area (Å²) in [5.74, 6) is -2.15. The zero-order chi connectivity index (χ0) is 46.9. The number of rotatable bonds is 40. The van der Waals surface area contributed by atoms with Gasteiger partial charge in [-0.15, -0.1) is 0 Å². The number of hydrogen-bond donors (Lipinski definition) is 4. The van der Waals surface area contributed by atoms with E-state index in [0.717, 1.165) is 44.9 Å². The average Bonchev–Trinajstić information content (AvgIpc) is 3.26. The lowest BCUT2D eigenvalue weighted by Crippen LogP contribution is -2.60. The Morgan fingerprint density at radius 1 is 0.562 bits per heavy atom. The second kappa shape index (κ2) is 40.4. The Morgan fingerprint density at radius 3 is 1.53 bits per heavy atom. The number of carbonyl (C=O) groups excluding carboxylic acids is 2. The van der Waals surface area contributed by atoms with Crippen molar-refractivity contribution in [1.82, 2.24) is 0 Å². The molecule has 13 heteroatoms. The van der Waals surface area contributed by atoms with Gasteiger partial charge in [-0.25, -0.2) is 0 Å². The number of ether oxygens (including phenoxy) is 4. The first-order chi connectivity index (χ1) is 31.0. The molecule has 0 bridgehead atoms. The molecule has 6 unspecified atom stereocenters. The predicted molar refractivity (Wildman–Crippen MR) is 256 cm³/mol. The van der Waals surface area contributed by atoms with Crippen molar-refractivity contribution in [2.45, 2.75) is 218 Å². The van der Waals surface area contributed by atoms with Crippen molar-refractivity contribution in [2.24, 2.45) is 0 Å². The number of allylic oxidation sites excluding steroid dienone is 11. The minimum atomic E-state index is -4.62. The summed E-state index contributed by atoms with van der Waals surface area (Å²) in [6.45, 7) is 3.57. The van der Waals surface area contributed by atoms with Gasteiger partial charge in [0.25, 0.3) is 10.1 Å². The number of carbonyl (C=O) groups is 2. The zero-order valence-electron chi connectivity index (χ0n) is 39.4. The summed E-state index contributed by atoms with van der Waals surface area (Å²) in [5, 5.41) is 30.9. The third kappa shape index (κ3) is 34.4. The van der Waals surface area contributed by atoms with E-state index in [2.05, 4.69) is 62.5 Å². The van der Waals surface area contributed by atoms with Gasteiger partial charge in [0.05, 0.1) is 13.0 Å². The molecule has 368 valence electrons. The molecule has 1 saturated heterocycles. The maximum absolute atomic E-state index is 12.8. The molecular weight excluding hydrogens is 837 g/mol. The van der Waals surface area contributed by atoms with Crippen molar-refractivity contribution in [3.8, 4) is 0 Å². The highest BCUT2D eigenvalue weighted by molar-refractivity contribution is 7.85. The third-order valence-electron chi connectivity index (χ3n) is 10.8. The summed E-state index contributed by atoms with van der Waals surface area (Å²) in [6.07, 6.45) is 42.6. The van der Waals surface area contributed by atoms with Gasteiger partial charge in [0.15, 0.2) is 12.4 Å². The smallest absolute Gasteiger partial charge is 0.310 e. The van der Waals surface area contributed by atoms with Crippen LogP contribution in [0.4, 0.5) is 0 Å². The molecule has 1 aliphatic heterocycles. The summed E-state index contributed by atoms with van der Waals surface area (Å²) < 4.78 is 54.0. The molecule has 6 atom stereocenters. The molecule has 0 aromatic rings. The van der Waals surface area contributed by atoms with Gasteiger partial charge in [-0.1, -0.05) is 177 Å². The monoisotopic (exact) mass is 923 g/mol. The number of aliphatic hydroxyl groups is 3. The lowest BCUT2D eigenvalue weighted by molar-refractivity contribution is -0.297. The lowest BCUT2D eigenvalue weighted by Gasteiger charge is -2.40. The van der Waals surface area contributed by atoms with E-state index in [1.54, 1.807) is 6.08 Å². The fourth-order valence-corrected chi connectivity index (χ4v) is 7.73. The molecule has 0 aromatic carbocycles. The second-order valence-corrected chi connectivity index (χ2v) is 18.3. The molecule has 1 heterocycles. The number of aliphatic hydroxyl groups excluding tert-OH is 3. The van der Waals surface area contributed by atoms with Gasteiger partial charge in [0.2, 0.25) is 0 Å². The van der Waals surface area contributed by atoms with E-state index in [-0.39, 0.29) is 19.4 Å². The van der Waals surface area contributed by atoms with Crippen molar-refractivity contribution >= 4 is 22.1 Å². The summed E-state index contributed by atoms with van der Waals surface area (Å²) in [5.41, 5.74) is 0. The Labute approximate surface area is 387 Å². The first-order valence-electron chi connectivity index (χ1n) is 24.5. The minimum Gasteiger partial charge on any atom is -0.462 e. The normalized spacial score (nSPS) is 20.2. The van der Waals surface area contributed by atoms with Crippen LogP contribution in [0.2, 0.25) is 0 Å².